The highest BCUT2D eigenvalue weighted by Gasteiger charge is 2.44. The van der Waals surface area contributed by atoms with Crippen LogP contribution < -0.4 is 0 Å². The Bertz CT molecular complexity index is 410. The molecule has 0 bridgehead atoms. The van der Waals surface area contributed by atoms with E-state index in [-0.39, 0.29) is 0 Å². The first-order chi connectivity index (χ1) is 7.51. The molecular formula is C13H15FO2. The van der Waals surface area contributed by atoms with Gasteiger partial charge in [-0.3, -0.25) is 4.79 Å². The van der Waals surface area contributed by atoms with Gasteiger partial charge in [0.25, 0.3) is 0 Å². The van der Waals surface area contributed by atoms with E-state index in [1.165, 1.54) is 0 Å². The van der Waals surface area contributed by atoms with Crippen LogP contribution in [-0.4, -0.2) is 11.1 Å². The zero-order valence-corrected chi connectivity index (χ0v) is 9.24. The second-order valence-electron chi connectivity index (χ2n) is 4.61. The van der Waals surface area contributed by atoms with Gasteiger partial charge in [-0.15, -0.1) is 0 Å². The monoisotopic (exact) mass is 222 g/mol. The molecule has 0 radical (unpaired) electrons. The van der Waals surface area contributed by atoms with Crippen LogP contribution in [0.1, 0.15) is 30.9 Å². The van der Waals surface area contributed by atoms with E-state index in [9.17, 15) is 9.18 Å². The summed E-state index contributed by atoms with van der Waals surface area (Å²) >= 11 is 0. The van der Waals surface area contributed by atoms with Gasteiger partial charge in [-0.1, -0.05) is 31.2 Å². The Labute approximate surface area is 94.1 Å². The van der Waals surface area contributed by atoms with Crippen LogP contribution in [0.5, 0.6) is 0 Å². The van der Waals surface area contributed by atoms with Crippen LogP contribution in [0.4, 0.5) is 4.39 Å². The van der Waals surface area contributed by atoms with E-state index in [1.54, 1.807) is 25.1 Å². The standard InChI is InChI=1S/C13H15FO2/c1-9(12(15)16)7-10-3-2-4-11(8-10)13(14)5-6-13/h2-4,8-9H,5-7H2,1H3,(H,15,16). The summed E-state index contributed by atoms with van der Waals surface area (Å²) in [5.41, 5.74) is 0.460. The molecule has 0 spiro atoms. The molecule has 3 heteroatoms. The number of carbonyl (C=O) groups is 1. The van der Waals surface area contributed by atoms with Crippen molar-refractivity contribution in [1.82, 2.24) is 0 Å². The fraction of sp³-hybridized carbons (Fsp3) is 0.462. The van der Waals surface area contributed by atoms with Crippen molar-refractivity contribution >= 4 is 5.97 Å². The van der Waals surface area contributed by atoms with Crippen LogP contribution in [0.25, 0.3) is 0 Å². The van der Waals surface area contributed by atoms with E-state index in [4.69, 9.17) is 5.11 Å². The molecule has 1 fully saturated rings. The highest BCUT2D eigenvalue weighted by atomic mass is 19.1. The molecule has 0 amide bonds. The van der Waals surface area contributed by atoms with Crippen molar-refractivity contribution in [2.75, 3.05) is 0 Å². The molecule has 1 saturated carbocycles. The predicted molar refractivity (Wildman–Crippen MR) is 59.0 cm³/mol. The van der Waals surface area contributed by atoms with E-state index in [0.717, 1.165) is 5.56 Å². The van der Waals surface area contributed by atoms with Crippen LogP contribution in [0.2, 0.25) is 0 Å². The first-order valence-electron chi connectivity index (χ1n) is 5.52. The average molecular weight is 222 g/mol. The maximum atomic E-state index is 13.8. The van der Waals surface area contributed by atoms with Gasteiger partial charge in [-0.05, 0) is 30.4 Å². The molecular weight excluding hydrogens is 207 g/mol. The number of hydrogen-bond acceptors (Lipinski definition) is 1. The summed E-state index contributed by atoms with van der Waals surface area (Å²) in [4.78, 5) is 10.7. The molecule has 1 aromatic carbocycles. The van der Waals surface area contributed by atoms with Gasteiger partial charge in [0.2, 0.25) is 0 Å². The molecule has 1 atom stereocenters. The molecule has 1 aliphatic carbocycles. The lowest BCUT2D eigenvalue weighted by atomic mass is 9.98. The number of aliphatic carboxylic acids is 1. The zero-order chi connectivity index (χ0) is 11.8. The highest BCUT2D eigenvalue weighted by molar-refractivity contribution is 5.69. The molecule has 2 nitrogen and oxygen atoms in total. The van der Waals surface area contributed by atoms with Crippen molar-refractivity contribution in [3.63, 3.8) is 0 Å². The quantitative estimate of drug-likeness (QED) is 0.850. The van der Waals surface area contributed by atoms with E-state index in [2.05, 4.69) is 0 Å². The minimum absolute atomic E-state index is 0.426. The molecule has 0 aliphatic heterocycles. The Morgan fingerprint density at radius 1 is 1.56 bits per heavy atom. The molecule has 16 heavy (non-hydrogen) atoms. The average Bonchev–Trinajstić information content (AvgIpc) is 2.98. The van der Waals surface area contributed by atoms with Crippen molar-refractivity contribution in [2.24, 2.45) is 5.92 Å². The summed E-state index contributed by atoms with van der Waals surface area (Å²) in [6, 6.07) is 7.24. The van der Waals surface area contributed by atoms with Crippen LogP contribution in [0.15, 0.2) is 24.3 Å². The third kappa shape index (κ3) is 2.23. The Balaban J connectivity index is 2.13. The molecule has 0 heterocycles. The molecule has 0 saturated heterocycles. The van der Waals surface area contributed by atoms with Crippen molar-refractivity contribution in [2.45, 2.75) is 31.9 Å². The lowest BCUT2D eigenvalue weighted by Gasteiger charge is -2.10. The third-order valence-electron chi connectivity index (χ3n) is 3.10. The largest absolute Gasteiger partial charge is 0.481 e. The van der Waals surface area contributed by atoms with Gasteiger partial charge in [-0.25, -0.2) is 4.39 Å². The molecule has 0 aromatic heterocycles. The lowest BCUT2D eigenvalue weighted by Crippen LogP contribution is -2.12. The summed E-state index contributed by atoms with van der Waals surface area (Å²) in [5, 5.41) is 8.81. The number of rotatable bonds is 4. The number of alkyl halides is 1. The Morgan fingerprint density at radius 2 is 2.25 bits per heavy atom. The normalized spacial score (nSPS) is 19.1. The smallest absolute Gasteiger partial charge is 0.306 e. The molecule has 1 N–H and O–H groups in total. The van der Waals surface area contributed by atoms with Crippen molar-refractivity contribution in [3.8, 4) is 0 Å². The van der Waals surface area contributed by atoms with Gasteiger partial charge in [0.05, 0.1) is 5.92 Å². The van der Waals surface area contributed by atoms with E-state index >= 15 is 0 Å². The first-order valence-corrected chi connectivity index (χ1v) is 5.52. The predicted octanol–water partition coefficient (Wildman–Crippen LogP) is 2.91. The SMILES string of the molecule is CC(Cc1cccc(C2(F)CC2)c1)C(=O)O. The molecule has 1 aliphatic rings. The second kappa shape index (κ2) is 3.89. The van der Waals surface area contributed by atoms with Crippen molar-refractivity contribution in [1.29, 1.82) is 0 Å². The number of benzene rings is 1. The number of carboxylic acids is 1. The minimum atomic E-state index is -1.14. The minimum Gasteiger partial charge on any atom is -0.481 e. The summed E-state index contributed by atoms with van der Waals surface area (Å²) in [7, 11) is 0. The van der Waals surface area contributed by atoms with Gasteiger partial charge in [0, 0.05) is 0 Å². The maximum absolute atomic E-state index is 13.8. The summed E-state index contributed by atoms with van der Waals surface area (Å²) in [6.45, 7) is 1.66. The van der Waals surface area contributed by atoms with E-state index in [1.807, 2.05) is 6.07 Å². The van der Waals surface area contributed by atoms with Gasteiger partial charge in [0.15, 0.2) is 0 Å². The van der Waals surface area contributed by atoms with Gasteiger partial charge < -0.3 is 5.11 Å². The topological polar surface area (TPSA) is 37.3 Å². The van der Waals surface area contributed by atoms with Gasteiger partial charge in [0.1, 0.15) is 5.67 Å². The Hall–Kier alpha value is -1.38. The molecule has 2 rings (SSSR count). The van der Waals surface area contributed by atoms with Crippen LogP contribution in [0.3, 0.4) is 0 Å². The first kappa shape index (κ1) is 11.1. The number of halogens is 1. The fourth-order valence-corrected chi connectivity index (χ4v) is 1.82. The molecule has 86 valence electrons. The summed E-state index contributed by atoms with van der Waals surface area (Å²) < 4.78 is 13.8. The number of hydrogen-bond donors (Lipinski definition) is 1. The summed E-state index contributed by atoms with van der Waals surface area (Å²) in [5.74, 6) is -1.24. The van der Waals surface area contributed by atoms with Crippen molar-refractivity contribution < 1.29 is 14.3 Å². The molecule has 1 aromatic rings. The fourth-order valence-electron chi connectivity index (χ4n) is 1.82. The Kier molecular flexibility index (Phi) is 2.70. The lowest BCUT2D eigenvalue weighted by molar-refractivity contribution is -0.141. The van der Waals surface area contributed by atoms with Gasteiger partial charge in [-0.2, -0.15) is 0 Å². The maximum Gasteiger partial charge on any atom is 0.306 e. The van der Waals surface area contributed by atoms with Crippen LogP contribution in [-0.2, 0) is 16.9 Å². The highest BCUT2D eigenvalue weighted by Crippen LogP contribution is 2.49. The third-order valence-corrected chi connectivity index (χ3v) is 3.10. The van der Waals surface area contributed by atoms with Crippen LogP contribution >= 0.6 is 0 Å². The second-order valence-corrected chi connectivity index (χ2v) is 4.61. The van der Waals surface area contributed by atoms with E-state index in [0.29, 0.717) is 24.8 Å². The summed E-state index contributed by atoms with van der Waals surface area (Å²) in [6.07, 6.45) is 1.63. The van der Waals surface area contributed by atoms with E-state index < -0.39 is 17.6 Å². The Morgan fingerprint density at radius 3 is 2.81 bits per heavy atom. The number of carboxylic acid groups (broad SMARTS) is 1. The van der Waals surface area contributed by atoms with Crippen molar-refractivity contribution in [3.05, 3.63) is 35.4 Å². The molecule has 1 unspecified atom stereocenters. The van der Waals surface area contributed by atoms with Crippen LogP contribution in [0, 0.1) is 5.92 Å². The van der Waals surface area contributed by atoms with Gasteiger partial charge >= 0.3 is 5.97 Å². The zero-order valence-electron chi connectivity index (χ0n) is 9.24.